The minimum atomic E-state index is -0.382. The molecule has 0 radical (unpaired) electrons. The third-order valence-electron chi connectivity index (χ3n) is 2.92. The zero-order valence-electron chi connectivity index (χ0n) is 11.9. The van der Waals surface area contributed by atoms with Gasteiger partial charge in [-0.25, -0.2) is 4.79 Å². The topological polar surface area (TPSA) is 55.4 Å². The van der Waals surface area contributed by atoms with E-state index in [9.17, 15) is 9.59 Å². The lowest BCUT2D eigenvalue weighted by Gasteiger charge is -2.02. The van der Waals surface area contributed by atoms with Crippen molar-refractivity contribution in [3.05, 3.63) is 76.4 Å². The van der Waals surface area contributed by atoms with Crippen molar-refractivity contribution in [3.63, 3.8) is 0 Å². The minimum absolute atomic E-state index is 0.0915. The average Bonchev–Trinajstić information content (AvgIpc) is 2.55. The minimum Gasteiger partial charge on any atom is -0.465 e. The van der Waals surface area contributed by atoms with Crippen molar-refractivity contribution in [1.29, 1.82) is 0 Å². The van der Waals surface area contributed by atoms with Gasteiger partial charge in [0.25, 0.3) is 0 Å². The summed E-state index contributed by atoms with van der Waals surface area (Å²) < 4.78 is 5.55. The highest BCUT2D eigenvalue weighted by molar-refractivity contribution is 9.10. The molecule has 0 saturated carbocycles. The van der Waals surface area contributed by atoms with Gasteiger partial charge in [0, 0.05) is 28.0 Å². The molecule has 0 heterocycles. The first-order chi connectivity index (χ1) is 10.6. The number of esters is 1. The van der Waals surface area contributed by atoms with Gasteiger partial charge in [-0.3, -0.25) is 4.79 Å². The fourth-order valence-electron chi connectivity index (χ4n) is 1.74. The van der Waals surface area contributed by atoms with Crippen LogP contribution in [0.4, 0.5) is 5.69 Å². The predicted molar refractivity (Wildman–Crippen MR) is 89.0 cm³/mol. The van der Waals surface area contributed by atoms with E-state index in [2.05, 4.69) is 26.0 Å². The number of hydrogen-bond donors (Lipinski definition) is 1. The van der Waals surface area contributed by atoms with Gasteiger partial charge in [0.2, 0.25) is 0 Å². The normalized spacial score (nSPS) is 10.5. The van der Waals surface area contributed by atoms with E-state index in [0.717, 1.165) is 10.2 Å². The number of benzene rings is 2. The molecule has 2 aromatic carbocycles. The molecule has 1 N–H and O–H groups in total. The number of hydrogen-bond acceptors (Lipinski definition) is 4. The second kappa shape index (κ2) is 7.56. The lowest BCUT2D eigenvalue weighted by molar-refractivity contribution is 0.0600. The summed E-state index contributed by atoms with van der Waals surface area (Å²) in [5, 5.41) is 2.98. The molecule has 0 aliphatic heterocycles. The number of ketones is 1. The van der Waals surface area contributed by atoms with Gasteiger partial charge in [0.05, 0.1) is 12.7 Å². The number of allylic oxidation sites excluding steroid dienone is 1. The number of halogens is 1. The molecular formula is C17H14BrNO3. The summed E-state index contributed by atoms with van der Waals surface area (Å²) in [6.45, 7) is 0. The van der Waals surface area contributed by atoms with Crippen LogP contribution < -0.4 is 5.32 Å². The fraction of sp³-hybridized carbons (Fsp3) is 0.0588. The van der Waals surface area contributed by atoms with Gasteiger partial charge < -0.3 is 10.1 Å². The van der Waals surface area contributed by atoms with Gasteiger partial charge in [-0.05, 0) is 48.5 Å². The Balaban J connectivity index is 1.95. The Morgan fingerprint density at radius 1 is 1.00 bits per heavy atom. The molecule has 0 atom stereocenters. The van der Waals surface area contributed by atoms with Crippen molar-refractivity contribution in [2.24, 2.45) is 0 Å². The predicted octanol–water partition coefficient (Wildman–Crippen LogP) is 4.04. The molecule has 5 heteroatoms. The van der Waals surface area contributed by atoms with Crippen molar-refractivity contribution < 1.29 is 14.3 Å². The van der Waals surface area contributed by atoms with Crippen molar-refractivity contribution in [2.75, 3.05) is 12.4 Å². The van der Waals surface area contributed by atoms with Gasteiger partial charge >= 0.3 is 5.97 Å². The third kappa shape index (κ3) is 4.30. The summed E-state index contributed by atoms with van der Waals surface area (Å²) >= 11 is 3.32. The monoisotopic (exact) mass is 359 g/mol. The Labute approximate surface area is 136 Å². The van der Waals surface area contributed by atoms with E-state index in [0.29, 0.717) is 11.1 Å². The van der Waals surface area contributed by atoms with Crippen LogP contribution in [0.25, 0.3) is 0 Å². The molecule has 4 nitrogen and oxygen atoms in total. The number of ether oxygens (including phenoxy) is 1. The first-order valence-electron chi connectivity index (χ1n) is 6.51. The second-order valence-electron chi connectivity index (χ2n) is 4.42. The maximum Gasteiger partial charge on any atom is 0.337 e. The maximum absolute atomic E-state index is 11.9. The van der Waals surface area contributed by atoms with Crippen LogP contribution in [0.1, 0.15) is 20.7 Å². The third-order valence-corrected chi connectivity index (χ3v) is 3.45. The van der Waals surface area contributed by atoms with E-state index in [1.165, 1.54) is 13.2 Å². The number of methoxy groups -OCH3 is 1. The van der Waals surface area contributed by atoms with Gasteiger partial charge in [0.15, 0.2) is 5.78 Å². The first-order valence-corrected chi connectivity index (χ1v) is 7.31. The first kappa shape index (κ1) is 16.0. The molecule has 0 spiro atoms. The van der Waals surface area contributed by atoms with Crippen LogP contribution in [0.2, 0.25) is 0 Å². The molecule has 0 bridgehead atoms. The van der Waals surface area contributed by atoms with E-state index >= 15 is 0 Å². The number of carbonyl (C=O) groups excluding carboxylic acids is 2. The standard InChI is InChI=1S/C17H14BrNO3/c1-22-17(21)13-4-8-15(9-5-13)19-11-10-16(20)12-2-6-14(18)7-3-12/h2-11,19H,1H3/b11-10+. The Morgan fingerprint density at radius 2 is 1.59 bits per heavy atom. The zero-order chi connectivity index (χ0) is 15.9. The SMILES string of the molecule is COC(=O)c1ccc(N/C=C/C(=O)c2ccc(Br)cc2)cc1. The summed E-state index contributed by atoms with van der Waals surface area (Å²) in [7, 11) is 1.34. The molecule has 0 amide bonds. The molecule has 112 valence electrons. The van der Waals surface area contributed by atoms with Crippen molar-refractivity contribution in [2.45, 2.75) is 0 Å². The molecule has 0 fully saturated rings. The molecule has 22 heavy (non-hydrogen) atoms. The molecular weight excluding hydrogens is 346 g/mol. The van der Waals surface area contributed by atoms with Crippen molar-refractivity contribution in [1.82, 2.24) is 0 Å². The van der Waals surface area contributed by atoms with E-state index in [-0.39, 0.29) is 11.8 Å². The fourth-order valence-corrected chi connectivity index (χ4v) is 2.01. The van der Waals surface area contributed by atoms with Crippen LogP contribution >= 0.6 is 15.9 Å². The van der Waals surface area contributed by atoms with Crippen molar-refractivity contribution in [3.8, 4) is 0 Å². The molecule has 0 aromatic heterocycles. The van der Waals surface area contributed by atoms with Gasteiger partial charge in [-0.1, -0.05) is 15.9 Å². The summed E-state index contributed by atoms with van der Waals surface area (Å²) in [6, 6.07) is 13.9. The number of nitrogens with one attached hydrogen (secondary N) is 1. The maximum atomic E-state index is 11.9. The van der Waals surface area contributed by atoms with Crippen LogP contribution in [0, 0.1) is 0 Å². The number of anilines is 1. The summed E-state index contributed by atoms with van der Waals surface area (Å²) in [5.41, 5.74) is 1.86. The van der Waals surface area contributed by atoms with Gasteiger partial charge in [0.1, 0.15) is 0 Å². The van der Waals surface area contributed by atoms with Crippen molar-refractivity contribution >= 4 is 33.4 Å². The molecule has 0 aliphatic carbocycles. The molecule has 0 unspecified atom stereocenters. The van der Waals surface area contributed by atoms with E-state index in [1.54, 1.807) is 42.6 Å². The van der Waals surface area contributed by atoms with E-state index in [4.69, 9.17) is 0 Å². The summed E-state index contributed by atoms with van der Waals surface area (Å²) in [4.78, 5) is 23.2. The molecule has 0 aliphatic rings. The van der Waals surface area contributed by atoms with Gasteiger partial charge in [-0.15, -0.1) is 0 Å². The molecule has 2 aromatic rings. The largest absolute Gasteiger partial charge is 0.465 e. The Morgan fingerprint density at radius 3 is 2.18 bits per heavy atom. The van der Waals surface area contributed by atoms with Crippen LogP contribution in [-0.4, -0.2) is 18.9 Å². The Bertz CT molecular complexity index is 691. The number of rotatable bonds is 5. The number of carbonyl (C=O) groups is 2. The smallest absolute Gasteiger partial charge is 0.337 e. The Kier molecular flexibility index (Phi) is 5.49. The quantitative estimate of drug-likeness (QED) is 0.497. The Hall–Kier alpha value is -2.40. The highest BCUT2D eigenvalue weighted by Gasteiger charge is 2.04. The molecule has 2 rings (SSSR count). The summed E-state index contributed by atoms with van der Waals surface area (Å²) in [6.07, 6.45) is 3.02. The van der Waals surface area contributed by atoms with Crippen LogP contribution in [0.5, 0.6) is 0 Å². The zero-order valence-corrected chi connectivity index (χ0v) is 13.5. The van der Waals surface area contributed by atoms with E-state index in [1.807, 2.05) is 12.1 Å². The lowest BCUT2D eigenvalue weighted by atomic mass is 10.1. The average molecular weight is 360 g/mol. The summed E-state index contributed by atoms with van der Waals surface area (Å²) in [5.74, 6) is -0.473. The lowest BCUT2D eigenvalue weighted by Crippen LogP contribution is -2.01. The highest BCUT2D eigenvalue weighted by atomic mass is 79.9. The van der Waals surface area contributed by atoms with Gasteiger partial charge in [-0.2, -0.15) is 0 Å². The molecule has 0 saturated heterocycles. The van der Waals surface area contributed by atoms with Crippen LogP contribution in [0.15, 0.2) is 65.3 Å². The highest BCUT2D eigenvalue weighted by Crippen LogP contribution is 2.12. The van der Waals surface area contributed by atoms with Crippen LogP contribution in [-0.2, 0) is 4.74 Å². The second-order valence-corrected chi connectivity index (χ2v) is 5.33. The van der Waals surface area contributed by atoms with E-state index < -0.39 is 0 Å². The van der Waals surface area contributed by atoms with Crippen LogP contribution in [0.3, 0.4) is 0 Å².